The second kappa shape index (κ2) is 10.8. The largest absolute Gasteiger partial charge is 0.507 e. The van der Waals surface area contributed by atoms with Gasteiger partial charge in [0.15, 0.2) is 0 Å². The van der Waals surface area contributed by atoms with Crippen molar-refractivity contribution >= 4 is 29.1 Å². The second-order valence-corrected chi connectivity index (χ2v) is 8.06. The first-order valence-corrected chi connectivity index (χ1v) is 11.4. The van der Waals surface area contributed by atoms with Crippen molar-refractivity contribution in [3.63, 3.8) is 0 Å². The average Bonchev–Trinajstić information content (AvgIpc) is 3.06. The monoisotopic (exact) mass is 474 g/mol. The van der Waals surface area contributed by atoms with Gasteiger partial charge in [0.2, 0.25) is 0 Å². The number of carbonyl (C=O) groups is 2. The molecule has 3 rings (SSSR count). The van der Waals surface area contributed by atoms with E-state index in [-0.39, 0.29) is 28.5 Å². The Kier molecular flexibility index (Phi) is 8.10. The molecule has 1 aliphatic heterocycles. The number of rotatable bonds is 9. The molecule has 0 unspecified atom stereocenters. The number of nitrogens with zero attached hydrogens (tertiary/aromatic N) is 2. The van der Waals surface area contributed by atoms with Crippen LogP contribution in [0.5, 0.6) is 5.75 Å². The minimum Gasteiger partial charge on any atom is -0.507 e. The van der Waals surface area contributed by atoms with Crippen molar-refractivity contribution in [1.82, 2.24) is 9.80 Å². The lowest BCUT2D eigenvalue weighted by Gasteiger charge is -2.28. The first-order chi connectivity index (χ1) is 15.8. The smallest absolute Gasteiger partial charge is 0.295 e. The van der Waals surface area contributed by atoms with Crippen LogP contribution in [0.1, 0.15) is 37.9 Å². The van der Waals surface area contributed by atoms with Gasteiger partial charge in [0.05, 0.1) is 23.2 Å². The number of aliphatic hydroxyl groups excluding tert-OH is 1. The Balaban J connectivity index is 2.09. The van der Waals surface area contributed by atoms with E-state index >= 15 is 0 Å². The Morgan fingerprint density at radius 1 is 1.12 bits per heavy atom. The third-order valence-corrected chi connectivity index (χ3v) is 6.08. The molecule has 6 nitrogen and oxygen atoms in total. The van der Waals surface area contributed by atoms with E-state index in [1.807, 2.05) is 20.8 Å². The van der Waals surface area contributed by atoms with Gasteiger partial charge >= 0.3 is 0 Å². The first kappa shape index (κ1) is 24.7. The predicted molar refractivity (Wildman–Crippen MR) is 126 cm³/mol. The van der Waals surface area contributed by atoms with E-state index in [4.69, 9.17) is 16.3 Å². The summed E-state index contributed by atoms with van der Waals surface area (Å²) in [4.78, 5) is 29.6. The summed E-state index contributed by atoms with van der Waals surface area (Å²) in [6, 6.07) is 9.42. The average molecular weight is 475 g/mol. The van der Waals surface area contributed by atoms with E-state index < -0.39 is 23.5 Å². The van der Waals surface area contributed by atoms with E-state index in [0.717, 1.165) is 13.1 Å². The minimum atomic E-state index is -0.841. The molecule has 8 heteroatoms. The molecule has 1 N–H and O–H groups in total. The standard InChI is InChI=1S/C25H28ClFN2O4/c1-4-28(5-2)13-14-29-22(16-7-10-18(27)11-8-16)21(24(31)25(29)32)23(30)17-9-12-20(33-6-3)19(26)15-17/h7-12,15,22,30H,4-6,13-14H2,1-3H3/t22-/m1/s1. The van der Waals surface area contributed by atoms with E-state index in [0.29, 0.717) is 24.5 Å². The molecular formula is C25H28ClFN2O4. The van der Waals surface area contributed by atoms with Crippen LogP contribution in [-0.2, 0) is 9.59 Å². The zero-order valence-electron chi connectivity index (χ0n) is 19.0. The van der Waals surface area contributed by atoms with Gasteiger partial charge in [-0.25, -0.2) is 4.39 Å². The Morgan fingerprint density at radius 2 is 1.79 bits per heavy atom. The molecule has 1 amide bonds. The summed E-state index contributed by atoms with van der Waals surface area (Å²) in [5.74, 6) is -1.80. The van der Waals surface area contributed by atoms with Crippen LogP contribution in [0.4, 0.5) is 4.39 Å². The van der Waals surface area contributed by atoms with Gasteiger partial charge in [-0.1, -0.05) is 37.6 Å². The van der Waals surface area contributed by atoms with Gasteiger partial charge in [0.25, 0.3) is 11.7 Å². The topological polar surface area (TPSA) is 70.1 Å². The molecule has 0 aromatic heterocycles. The number of halogens is 2. The number of likely N-dealkylation sites (N-methyl/N-ethyl adjacent to an activating group) is 1. The van der Waals surface area contributed by atoms with Crippen molar-refractivity contribution in [2.45, 2.75) is 26.8 Å². The molecule has 0 spiro atoms. The number of ketones is 1. The quantitative estimate of drug-likeness (QED) is 0.325. The normalized spacial score (nSPS) is 17.8. The molecule has 2 aromatic rings. The van der Waals surface area contributed by atoms with Gasteiger partial charge in [-0.05, 0) is 55.9 Å². The summed E-state index contributed by atoms with van der Waals surface area (Å²) in [5.41, 5.74) is 0.775. The Labute approximate surface area is 198 Å². The molecule has 1 fully saturated rings. The van der Waals surface area contributed by atoms with Crippen LogP contribution in [0.25, 0.3) is 5.76 Å². The summed E-state index contributed by atoms with van der Waals surface area (Å²) in [5, 5.41) is 11.4. The fraction of sp³-hybridized carbons (Fsp3) is 0.360. The van der Waals surface area contributed by atoms with E-state index in [9.17, 15) is 19.1 Å². The molecule has 33 heavy (non-hydrogen) atoms. The fourth-order valence-electron chi connectivity index (χ4n) is 3.97. The van der Waals surface area contributed by atoms with Crippen LogP contribution in [0.3, 0.4) is 0 Å². The number of carbonyl (C=O) groups excluding carboxylic acids is 2. The number of hydrogen-bond donors (Lipinski definition) is 1. The molecule has 0 bridgehead atoms. The molecular weight excluding hydrogens is 447 g/mol. The van der Waals surface area contributed by atoms with Gasteiger partial charge in [-0.2, -0.15) is 0 Å². The van der Waals surface area contributed by atoms with Gasteiger partial charge < -0.3 is 19.6 Å². The summed E-state index contributed by atoms with van der Waals surface area (Å²) >= 11 is 6.27. The van der Waals surface area contributed by atoms with Crippen LogP contribution >= 0.6 is 11.6 Å². The van der Waals surface area contributed by atoms with Crippen LogP contribution in [0.2, 0.25) is 5.02 Å². The maximum atomic E-state index is 13.6. The second-order valence-electron chi connectivity index (χ2n) is 7.65. The molecule has 2 aromatic carbocycles. The van der Waals surface area contributed by atoms with Crippen molar-refractivity contribution in [2.24, 2.45) is 0 Å². The van der Waals surface area contributed by atoms with Crippen LogP contribution in [-0.4, -0.2) is 59.4 Å². The van der Waals surface area contributed by atoms with Gasteiger partial charge in [-0.15, -0.1) is 0 Å². The van der Waals surface area contributed by atoms with Crippen molar-refractivity contribution < 1.29 is 23.8 Å². The zero-order valence-corrected chi connectivity index (χ0v) is 19.7. The SMILES string of the molecule is CCOc1ccc(C(O)=C2C(=O)C(=O)N(CCN(CC)CC)[C@@H]2c2ccc(F)cc2)cc1Cl. The number of ether oxygens (including phenoxy) is 1. The molecule has 1 heterocycles. The van der Waals surface area contributed by atoms with Crippen molar-refractivity contribution in [2.75, 3.05) is 32.8 Å². The fourth-order valence-corrected chi connectivity index (χ4v) is 4.20. The molecule has 176 valence electrons. The van der Waals surface area contributed by atoms with Crippen LogP contribution in [0, 0.1) is 5.82 Å². The summed E-state index contributed by atoms with van der Waals surface area (Å²) in [6.07, 6.45) is 0. The van der Waals surface area contributed by atoms with E-state index in [2.05, 4.69) is 4.90 Å². The molecule has 1 aliphatic rings. The number of amides is 1. The van der Waals surface area contributed by atoms with Gasteiger partial charge in [-0.3, -0.25) is 9.59 Å². The Morgan fingerprint density at radius 3 is 2.36 bits per heavy atom. The number of benzene rings is 2. The lowest BCUT2D eigenvalue weighted by atomic mass is 9.95. The third-order valence-electron chi connectivity index (χ3n) is 5.78. The Bertz CT molecular complexity index is 1050. The number of Topliss-reactive ketones (excluding diaryl/α,β-unsaturated/α-hetero) is 1. The van der Waals surface area contributed by atoms with E-state index in [1.165, 1.54) is 35.2 Å². The molecule has 1 atom stereocenters. The van der Waals surface area contributed by atoms with Crippen molar-refractivity contribution in [3.8, 4) is 5.75 Å². The number of aliphatic hydroxyl groups is 1. The maximum absolute atomic E-state index is 13.6. The Hall–Kier alpha value is -2.90. The lowest BCUT2D eigenvalue weighted by Crippen LogP contribution is -2.38. The first-order valence-electron chi connectivity index (χ1n) is 11.0. The molecule has 0 saturated carbocycles. The third kappa shape index (κ3) is 5.20. The van der Waals surface area contributed by atoms with Crippen molar-refractivity contribution in [1.29, 1.82) is 0 Å². The lowest BCUT2D eigenvalue weighted by molar-refractivity contribution is -0.140. The highest BCUT2D eigenvalue weighted by molar-refractivity contribution is 6.46. The van der Waals surface area contributed by atoms with Gasteiger partial charge in [0.1, 0.15) is 17.3 Å². The van der Waals surface area contributed by atoms with E-state index in [1.54, 1.807) is 12.1 Å². The highest BCUT2D eigenvalue weighted by Crippen LogP contribution is 2.40. The minimum absolute atomic E-state index is 0.0496. The zero-order chi connectivity index (χ0) is 24.1. The number of likely N-dealkylation sites (tertiary alicyclic amines) is 1. The van der Waals surface area contributed by atoms with Crippen LogP contribution < -0.4 is 4.74 Å². The predicted octanol–water partition coefficient (Wildman–Crippen LogP) is 4.64. The summed E-state index contributed by atoms with van der Waals surface area (Å²) < 4.78 is 19.0. The summed E-state index contributed by atoms with van der Waals surface area (Å²) in [7, 11) is 0. The summed E-state index contributed by atoms with van der Waals surface area (Å²) in [6.45, 7) is 8.73. The molecule has 0 radical (unpaired) electrons. The number of hydrogen-bond acceptors (Lipinski definition) is 5. The highest BCUT2D eigenvalue weighted by atomic mass is 35.5. The highest BCUT2D eigenvalue weighted by Gasteiger charge is 2.46. The van der Waals surface area contributed by atoms with Crippen LogP contribution in [0.15, 0.2) is 48.0 Å². The molecule has 1 saturated heterocycles. The van der Waals surface area contributed by atoms with Crippen molar-refractivity contribution in [3.05, 3.63) is 70.0 Å². The molecule has 0 aliphatic carbocycles. The maximum Gasteiger partial charge on any atom is 0.295 e. The van der Waals surface area contributed by atoms with Gasteiger partial charge in [0, 0.05) is 18.7 Å².